The van der Waals surface area contributed by atoms with E-state index in [0.29, 0.717) is 0 Å². The predicted molar refractivity (Wildman–Crippen MR) is 121 cm³/mol. The van der Waals surface area contributed by atoms with Crippen LogP contribution in [0.2, 0.25) is 0 Å². The van der Waals surface area contributed by atoms with Gasteiger partial charge in [0.25, 0.3) is 0 Å². The molecule has 7 nitrogen and oxygen atoms in total. The Bertz CT molecular complexity index is 1070. The van der Waals surface area contributed by atoms with Crippen molar-refractivity contribution in [2.24, 2.45) is 0 Å². The summed E-state index contributed by atoms with van der Waals surface area (Å²) in [5, 5.41) is 4.85. The summed E-state index contributed by atoms with van der Waals surface area (Å²) in [6.45, 7) is 4.74. The molecule has 1 aromatic carbocycles. The molecule has 2 atom stereocenters. The highest BCUT2D eigenvalue weighted by molar-refractivity contribution is 5.86. The summed E-state index contributed by atoms with van der Waals surface area (Å²) in [5.74, 6) is -0.970. The molecule has 13 heteroatoms. The third-order valence-electron chi connectivity index (χ3n) is 4.72. The van der Waals surface area contributed by atoms with Gasteiger partial charge in [-0.05, 0) is 51.5 Å². The number of nitrogens with zero attached hydrogens (tertiary/aromatic N) is 1. The normalized spacial score (nSPS) is 13.9. The number of carbonyl (C=O) groups excluding carboxylic acids is 2. The maximum atomic E-state index is 13.5. The Morgan fingerprint density at radius 1 is 0.973 bits per heavy atom. The summed E-state index contributed by atoms with van der Waals surface area (Å²) in [4.78, 5) is 29.3. The number of amides is 2. The monoisotopic (exact) mass is 535 g/mol. The van der Waals surface area contributed by atoms with Gasteiger partial charge in [-0.1, -0.05) is 18.2 Å². The van der Waals surface area contributed by atoms with Gasteiger partial charge in [-0.2, -0.15) is 26.3 Å². The molecule has 0 bridgehead atoms. The minimum Gasteiger partial charge on any atom is -0.483 e. The lowest BCUT2D eigenvalue weighted by molar-refractivity contribution is -0.153. The van der Waals surface area contributed by atoms with Crippen LogP contribution in [0, 0.1) is 0 Å². The molecule has 0 saturated carbocycles. The van der Waals surface area contributed by atoms with Crippen LogP contribution in [0.5, 0.6) is 5.75 Å². The molecule has 1 heterocycles. The molecule has 1 aromatic heterocycles. The smallest absolute Gasteiger partial charge is 0.422 e. The van der Waals surface area contributed by atoms with E-state index in [0.717, 1.165) is 12.3 Å². The van der Waals surface area contributed by atoms with E-state index in [1.807, 2.05) is 0 Å². The second-order valence-corrected chi connectivity index (χ2v) is 9.11. The van der Waals surface area contributed by atoms with Crippen molar-refractivity contribution < 1.29 is 45.4 Å². The summed E-state index contributed by atoms with van der Waals surface area (Å²) >= 11 is 0. The van der Waals surface area contributed by atoms with Crippen LogP contribution in [0.3, 0.4) is 0 Å². The van der Waals surface area contributed by atoms with E-state index in [2.05, 4.69) is 20.4 Å². The van der Waals surface area contributed by atoms with Crippen LogP contribution in [0.15, 0.2) is 42.6 Å². The quantitative estimate of drug-likeness (QED) is 0.445. The minimum absolute atomic E-state index is 0.146. The Kier molecular flexibility index (Phi) is 9.39. The molecular weight excluding hydrogens is 508 g/mol. The number of hydrogen-bond acceptors (Lipinski definition) is 5. The van der Waals surface area contributed by atoms with Crippen molar-refractivity contribution in [1.82, 2.24) is 15.6 Å². The second kappa shape index (κ2) is 11.7. The fraction of sp³-hybridized carbons (Fsp3) is 0.458. The number of alkyl halides is 6. The molecule has 0 aliphatic rings. The maximum absolute atomic E-state index is 13.5. The third kappa shape index (κ3) is 10.2. The average molecular weight is 535 g/mol. The van der Waals surface area contributed by atoms with Gasteiger partial charge in [0.15, 0.2) is 6.61 Å². The molecule has 2 aromatic rings. The van der Waals surface area contributed by atoms with Gasteiger partial charge < -0.3 is 20.1 Å². The zero-order valence-corrected chi connectivity index (χ0v) is 20.5. The lowest BCUT2D eigenvalue weighted by Crippen LogP contribution is -2.50. The van der Waals surface area contributed by atoms with Crippen LogP contribution < -0.4 is 15.4 Å². The van der Waals surface area contributed by atoms with Crippen molar-refractivity contribution in [3.05, 3.63) is 59.4 Å². The molecule has 2 N–H and O–H groups in total. The molecule has 204 valence electrons. The molecule has 0 radical (unpaired) electrons. The summed E-state index contributed by atoms with van der Waals surface area (Å²) in [7, 11) is 0. The van der Waals surface area contributed by atoms with E-state index in [1.165, 1.54) is 37.3 Å². The first-order valence-corrected chi connectivity index (χ1v) is 11.0. The molecule has 0 aliphatic heterocycles. The zero-order valence-electron chi connectivity index (χ0n) is 20.5. The topological polar surface area (TPSA) is 89.6 Å². The van der Waals surface area contributed by atoms with E-state index < -0.39 is 60.6 Å². The molecule has 0 saturated heterocycles. The van der Waals surface area contributed by atoms with E-state index in [9.17, 15) is 35.9 Å². The van der Waals surface area contributed by atoms with Crippen molar-refractivity contribution in [2.75, 3.05) is 6.61 Å². The highest BCUT2D eigenvalue weighted by atomic mass is 19.4. The number of nitrogens with one attached hydrogen (secondary N) is 2. The van der Waals surface area contributed by atoms with Gasteiger partial charge in [-0.25, -0.2) is 4.79 Å². The van der Waals surface area contributed by atoms with Gasteiger partial charge in [0, 0.05) is 6.42 Å². The largest absolute Gasteiger partial charge is 0.483 e. The van der Waals surface area contributed by atoms with Gasteiger partial charge in [-0.15, -0.1) is 0 Å². The standard InChI is InChI=1S/C24H27F6N3O4/c1-14(18-10-9-16(12-31-18)36-13-23(25,26)27)32-20(34)19(33-21(35)37-22(2,3)4)11-15-7-5-6-8-17(15)24(28,29)30/h5-10,12,14,19H,11,13H2,1-4H3,(H,32,34)(H,33,35)/t14-,19-/m1/s1. The van der Waals surface area contributed by atoms with Crippen molar-refractivity contribution in [3.8, 4) is 5.75 Å². The molecule has 0 aliphatic carbocycles. The van der Waals surface area contributed by atoms with Crippen molar-refractivity contribution in [3.63, 3.8) is 0 Å². The summed E-state index contributed by atoms with van der Waals surface area (Å²) in [6, 6.07) is 4.94. The molecule has 2 rings (SSSR count). The minimum atomic E-state index is -4.68. The number of rotatable bonds is 8. The number of aromatic nitrogens is 1. The van der Waals surface area contributed by atoms with Crippen molar-refractivity contribution >= 4 is 12.0 Å². The van der Waals surface area contributed by atoms with Gasteiger partial charge in [0.1, 0.15) is 17.4 Å². The molecule has 0 fully saturated rings. The zero-order chi connectivity index (χ0) is 28.0. The van der Waals surface area contributed by atoms with Crippen LogP contribution in [0.25, 0.3) is 0 Å². The van der Waals surface area contributed by atoms with E-state index in [4.69, 9.17) is 4.74 Å². The number of benzene rings is 1. The number of hydrogen-bond donors (Lipinski definition) is 2. The summed E-state index contributed by atoms with van der Waals surface area (Å²) in [6.07, 6.45) is -9.67. The lowest BCUT2D eigenvalue weighted by Gasteiger charge is -2.25. The average Bonchev–Trinajstić information content (AvgIpc) is 2.75. The van der Waals surface area contributed by atoms with E-state index in [-0.39, 0.29) is 17.0 Å². The van der Waals surface area contributed by atoms with Crippen LogP contribution in [0.4, 0.5) is 31.1 Å². The highest BCUT2D eigenvalue weighted by Crippen LogP contribution is 2.32. The molecular formula is C24H27F6N3O4. The lowest BCUT2D eigenvalue weighted by atomic mass is 9.99. The second-order valence-electron chi connectivity index (χ2n) is 9.11. The fourth-order valence-corrected chi connectivity index (χ4v) is 3.14. The number of carbonyl (C=O) groups is 2. The Balaban J connectivity index is 2.20. The van der Waals surface area contributed by atoms with E-state index in [1.54, 1.807) is 20.8 Å². The van der Waals surface area contributed by atoms with Gasteiger partial charge >= 0.3 is 18.4 Å². The van der Waals surface area contributed by atoms with E-state index >= 15 is 0 Å². The van der Waals surface area contributed by atoms with Gasteiger partial charge in [0.05, 0.1) is 23.5 Å². The maximum Gasteiger partial charge on any atom is 0.422 e. The van der Waals surface area contributed by atoms with Crippen molar-refractivity contribution in [2.45, 2.75) is 64.2 Å². The van der Waals surface area contributed by atoms with Crippen LogP contribution in [-0.2, 0) is 22.1 Å². The number of alkyl carbamates (subject to hydrolysis) is 1. The number of ether oxygens (including phenoxy) is 2. The SMILES string of the molecule is C[C@@H](NC(=O)[C@@H](Cc1ccccc1C(F)(F)F)NC(=O)OC(C)(C)C)c1ccc(OCC(F)(F)F)cn1. The predicted octanol–water partition coefficient (Wildman–Crippen LogP) is 5.35. The fourth-order valence-electron chi connectivity index (χ4n) is 3.14. The Labute approximate surface area is 209 Å². The molecule has 0 spiro atoms. The highest BCUT2D eigenvalue weighted by Gasteiger charge is 2.35. The Hall–Kier alpha value is -3.51. The van der Waals surface area contributed by atoms with Gasteiger partial charge in [-0.3, -0.25) is 9.78 Å². The first-order chi connectivity index (χ1) is 16.9. The van der Waals surface area contributed by atoms with Crippen LogP contribution in [-0.4, -0.2) is 41.4 Å². The van der Waals surface area contributed by atoms with Crippen molar-refractivity contribution in [1.29, 1.82) is 0 Å². The number of halogens is 6. The van der Waals surface area contributed by atoms with Crippen LogP contribution in [0.1, 0.15) is 50.6 Å². The summed E-state index contributed by atoms with van der Waals surface area (Å²) < 4.78 is 87.1. The Morgan fingerprint density at radius 3 is 2.16 bits per heavy atom. The first kappa shape index (κ1) is 29.7. The third-order valence-corrected chi connectivity index (χ3v) is 4.72. The number of pyridine rings is 1. The molecule has 2 amide bonds. The molecule has 0 unspecified atom stereocenters. The van der Waals surface area contributed by atoms with Gasteiger partial charge in [0.2, 0.25) is 5.91 Å². The first-order valence-electron chi connectivity index (χ1n) is 11.0. The molecule has 37 heavy (non-hydrogen) atoms. The summed E-state index contributed by atoms with van der Waals surface area (Å²) in [5.41, 5.74) is -1.87. The van der Waals surface area contributed by atoms with Crippen LogP contribution >= 0.6 is 0 Å². The Morgan fingerprint density at radius 2 is 1.62 bits per heavy atom.